The molecule has 2 aliphatic heterocycles. The minimum Gasteiger partial charge on any atom is -0.337 e. The second-order valence-corrected chi connectivity index (χ2v) is 5.65. The van der Waals surface area contributed by atoms with Crippen LogP contribution in [0.15, 0.2) is 10.9 Å². The molecule has 2 saturated heterocycles. The van der Waals surface area contributed by atoms with Gasteiger partial charge in [-0.3, -0.25) is 4.79 Å². The number of nitrogens with zero attached hydrogens (tertiary/aromatic N) is 2. The summed E-state index contributed by atoms with van der Waals surface area (Å²) in [5.74, 6) is 1.65. The highest BCUT2D eigenvalue weighted by Crippen LogP contribution is 2.30. The van der Waals surface area contributed by atoms with Crippen molar-refractivity contribution >= 4 is 17.2 Å². The molecule has 1 aromatic heterocycles. The average Bonchev–Trinajstić information content (AvgIpc) is 2.81. The van der Waals surface area contributed by atoms with Gasteiger partial charge in [0.15, 0.2) is 0 Å². The first-order chi connectivity index (χ1) is 8.34. The fourth-order valence-corrected chi connectivity index (χ4v) is 3.30. The van der Waals surface area contributed by atoms with Gasteiger partial charge >= 0.3 is 0 Å². The van der Waals surface area contributed by atoms with E-state index in [0.717, 1.165) is 38.0 Å². The molecule has 92 valence electrons. The Morgan fingerprint density at radius 1 is 1.35 bits per heavy atom. The van der Waals surface area contributed by atoms with Crippen LogP contribution in [-0.4, -0.2) is 42.0 Å². The topological polar surface area (TPSA) is 45.2 Å². The van der Waals surface area contributed by atoms with E-state index in [4.69, 9.17) is 0 Å². The third kappa shape index (κ3) is 2.21. The van der Waals surface area contributed by atoms with Crippen molar-refractivity contribution in [1.29, 1.82) is 0 Å². The van der Waals surface area contributed by atoms with Gasteiger partial charge in [0.2, 0.25) is 0 Å². The number of hydrogen-bond donors (Lipinski definition) is 1. The summed E-state index contributed by atoms with van der Waals surface area (Å²) in [6, 6.07) is 0. The first kappa shape index (κ1) is 11.2. The number of thiazole rings is 1. The number of likely N-dealkylation sites (tertiary alicyclic amines) is 1. The second-order valence-electron chi connectivity index (χ2n) is 4.93. The summed E-state index contributed by atoms with van der Waals surface area (Å²) in [6.45, 7) is 4.14. The van der Waals surface area contributed by atoms with Gasteiger partial charge in [0.05, 0.1) is 5.51 Å². The van der Waals surface area contributed by atoms with Crippen LogP contribution >= 0.6 is 11.3 Å². The van der Waals surface area contributed by atoms with Crippen molar-refractivity contribution < 1.29 is 4.79 Å². The van der Waals surface area contributed by atoms with E-state index < -0.39 is 0 Å². The molecule has 0 bridgehead atoms. The Morgan fingerprint density at radius 2 is 2.12 bits per heavy atom. The van der Waals surface area contributed by atoms with Crippen molar-refractivity contribution in [3.63, 3.8) is 0 Å². The molecule has 3 rings (SSSR count). The fraction of sp³-hybridized carbons (Fsp3) is 0.667. The van der Waals surface area contributed by atoms with E-state index in [-0.39, 0.29) is 5.91 Å². The van der Waals surface area contributed by atoms with Crippen LogP contribution in [-0.2, 0) is 0 Å². The average molecular weight is 251 g/mol. The van der Waals surface area contributed by atoms with Gasteiger partial charge in [-0.05, 0) is 37.8 Å². The summed E-state index contributed by atoms with van der Waals surface area (Å²) >= 11 is 1.48. The zero-order valence-corrected chi connectivity index (χ0v) is 10.6. The molecule has 2 aliphatic rings. The SMILES string of the molecule is O=C(c1cscn1)N1CC(C2CCNCC2)C1. The van der Waals surface area contributed by atoms with E-state index in [1.807, 2.05) is 10.3 Å². The zero-order chi connectivity index (χ0) is 11.7. The molecule has 1 amide bonds. The van der Waals surface area contributed by atoms with Gasteiger partial charge in [0.1, 0.15) is 5.69 Å². The van der Waals surface area contributed by atoms with E-state index in [0.29, 0.717) is 5.69 Å². The van der Waals surface area contributed by atoms with Crippen molar-refractivity contribution in [2.75, 3.05) is 26.2 Å². The van der Waals surface area contributed by atoms with E-state index in [9.17, 15) is 4.79 Å². The predicted octanol–water partition coefficient (Wildman–Crippen LogP) is 1.21. The summed E-state index contributed by atoms with van der Waals surface area (Å²) in [7, 11) is 0. The summed E-state index contributed by atoms with van der Waals surface area (Å²) in [4.78, 5) is 18.0. The Hall–Kier alpha value is -0.940. The molecule has 0 spiro atoms. The lowest BCUT2D eigenvalue weighted by molar-refractivity contribution is 0.0312. The predicted molar refractivity (Wildman–Crippen MR) is 67.1 cm³/mol. The first-order valence-corrected chi connectivity index (χ1v) is 7.17. The molecule has 0 atom stereocenters. The summed E-state index contributed by atoms with van der Waals surface area (Å²) in [6.07, 6.45) is 2.53. The number of piperidine rings is 1. The minimum absolute atomic E-state index is 0.108. The van der Waals surface area contributed by atoms with Crippen LogP contribution in [0.25, 0.3) is 0 Å². The molecule has 0 radical (unpaired) electrons. The Bertz CT molecular complexity index is 380. The molecule has 17 heavy (non-hydrogen) atoms. The smallest absolute Gasteiger partial charge is 0.273 e. The van der Waals surface area contributed by atoms with Gasteiger partial charge < -0.3 is 10.2 Å². The molecule has 1 aromatic rings. The third-order valence-electron chi connectivity index (χ3n) is 3.90. The lowest BCUT2D eigenvalue weighted by atomic mass is 9.80. The van der Waals surface area contributed by atoms with Gasteiger partial charge in [-0.1, -0.05) is 0 Å². The number of carbonyl (C=O) groups is 1. The molecule has 3 heterocycles. The monoisotopic (exact) mass is 251 g/mol. The van der Waals surface area contributed by atoms with Crippen LogP contribution in [0.5, 0.6) is 0 Å². The summed E-state index contributed by atoms with van der Waals surface area (Å²) in [5.41, 5.74) is 2.33. The van der Waals surface area contributed by atoms with Gasteiger partial charge in [-0.2, -0.15) is 0 Å². The zero-order valence-electron chi connectivity index (χ0n) is 9.76. The summed E-state index contributed by atoms with van der Waals surface area (Å²) in [5, 5.41) is 5.22. The molecule has 1 N–H and O–H groups in total. The van der Waals surface area contributed by atoms with Crippen molar-refractivity contribution in [2.24, 2.45) is 11.8 Å². The molecule has 5 heteroatoms. The molecule has 2 fully saturated rings. The maximum atomic E-state index is 12.0. The maximum absolute atomic E-state index is 12.0. The number of amides is 1. The fourth-order valence-electron chi connectivity index (χ4n) is 2.77. The van der Waals surface area contributed by atoms with Crippen LogP contribution in [0.1, 0.15) is 23.3 Å². The molecular formula is C12H17N3OS. The quantitative estimate of drug-likeness (QED) is 0.859. The van der Waals surface area contributed by atoms with Gasteiger partial charge in [-0.15, -0.1) is 11.3 Å². The standard InChI is InChI=1S/C12H17N3OS/c16-12(11-7-17-8-14-11)15-5-10(6-15)9-1-3-13-4-2-9/h7-10,13H,1-6H2. The van der Waals surface area contributed by atoms with Crippen molar-refractivity contribution in [1.82, 2.24) is 15.2 Å². The molecule has 0 aliphatic carbocycles. The molecule has 4 nitrogen and oxygen atoms in total. The van der Waals surface area contributed by atoms with Gasteiger partial charge in [0, 0.05) is 18.5 Å². The largest absolute Gasteiger partial charge is 0.337 e. The van der Waals surface area contributed by atoms with E-state index >= 15 is 0 Å². The van der Waals surface area contributed by atoms with E-state index in [1.54, 1.807) is 5.51 Å². The highest BCUT2D eigenvalue weighted by molar-refractivity contribution is 7.07. The Kier molecular flexibility index (Phi) is 3.11. The third-order valence-corrected chi connectivity index (χ3v) is 4.49. The molecular weight excluding hydrogens is 234 g/mol. The van der Waals surface area contributed by atoms with E-state index in [2.05, 4.69) is 10.3 Å². The number of nitrogens with one attached hydrogen (secondary N) is 1. The van der Waals surface area contributed by atoms with Crippen LogP contribution in [0.3, 0.4) is 0 Å². The van der Waals surface area contributed by atoms with Crippen LogP contribution < -0.4 is 5.32 Å². The maximum Gasteiger partial charge on any atom is 0.273 e. The van der Waals surface area contributed by atoms with Gasteiger partial charge in [-0.25, -0.2) is 4.98 Å². The lowest BCUT2D eigenvalue weighted by Gasteiger charge is -2.44. The number of aromatic nitrogens is 1. The lowest BCUT2D eigenvalue weighted by Crippen LogP contribution is -2.54. The van der Waals surface area contributed by atoms with Gasteiger partial charge in [0.25, 0.3) is 5.91 Å². The number of hydrogen-bond acceptors (Lipinski definition) is 4. The second kappa shape index (κ2) is 4.74. The highest BCUT2D eigenvalue weighted by Gasteiger charge is 2.37. The van der Waals surface area contributed by atoms with Crippen LogP contribution in [0, 0.1) is 11.8 Å². The minimum atomic E-state index is 0.108. The Labute approximate surface area is 105 Å². The van der Waals surface area contributed by atoms with Crippen LogP contribution in [0.4, 0.5) is 0 Å². The number of carbonyl (C=O) groups excluding carboxylic acids is 1. The Morgan fingerprint density at radius 3 is 2.76 bits per heavy atom. The van der Waals surface area contributed by atoms with Crippen molar-refractivity contribution in [3.05, 3.63) is 16.6 Å². The normalized spacial score (nSPS) is 22.5. The first-order valence-electron chi connectivity index (χ1n) is 6.23. The van der Waals surface area contributed by atoms with Crippen molar-refractivity contribution in [3.8, 4) is 0 Å². The highest BCUT2D eigenvalue weighted by atomic mass is 32.1. The molecule has 0 unspecified atom stereocenters. The Balaban J connectivity index is 1.52. The number of rotatable bonds is 2. The van der Waals surface area contributed by atoms with Crippen molar-refractivity contribution in [2.45, 2.75) is 12.8 Å². The van der Waals surface area contributed by atoms with E-state index in [1.165, 1.54) is 24.2 Å². The molecule has 0 saturated carbocycles. The summed E-state index contributed by atoms with van der Waals surface area (Å²) < 4.78 is 0. The van der Waals surface area contributed by atoms with Crippen LogP contribution in [0.2, 0.25) is 0 Å². The molecule has 0 aromatic carbocycles.